The molecule has 0 radical (unpaired) electrons. The molecule has 1 saturated heterocycles. The third kappa shape index (κ3) is 2.66. The largest absolute Gasteiger partial charge is 0.378 e. The normalized spacial score (nSPS) is 24.9. The second kappa shape index (κ2) is 5.57. The minimum atomic E-state index is 0.354. The third-order valence-corrected chi connectivity index (χ3v) is 5.11. The summed E-state index contributed by atoms with van der Waals surface area (Å²) >= 11 is 1.81. The summed E-state index contributed by atoms with van der Waals surface area (Å²) in [6.45, 7) is 3.07. The van der Waals surface area contributed by atoms with E-state index in [4.69, 9.17) is 9.72 Å². The van der Waals surface area contributed by atoms with Gasteiger partial charge < -0.3 is 10.1 Å². The van der Waals surface area contributed by atoms with Crippen LogP contribution in [0.3, 0.4) is 0 Å². The number of ether oxygens (including phenoxy) is 1. The number of aromatic nitrogens is 1. The maximum absolute atomic E-state index is 5.69. The van der Waals surface area contributed by atoms with Gasteiger partial charge in [0.15, 0.2) is 0 Å². The monoisotopic (exact) mass is 276 g/mol. The van der Waals surface area contributed by atoms with E-state index in [1.165, 1.54) is 9.71 Å². The number of para-hydroxylation sites is 1. The molecule has 1 aliphatic heterocycles. The fourth-order valence-electron chi connectivity index (χ4n) is 2.94. The van der Waals surface area contributed by atoms with E-state index in [1.807, 2.05) is 24.5 Å². The molecule has 1 N–H and O–H groups in total. The zero-order chi connectivity index (χ0) is 13.2. The summed E-state index contributed by atoms with van der Waals surface area (Å²) in [5.41, 5.74) is 1.12. The molecule has 1 aromatic carbocycles. The van der Waals surface area contributed by atoms with Crippen molar-refractivity contribution in [3.05, 3.63) is 29.3 Å². The highest BCUT2D eigenvalue weighted by Crippen LogP contribution is 2.28. The summed E-state index contributed by atoms with van der Waals surface area (Å²) in [6, 6.07) is 8.82. The van der Waals surface area contributed by atoms with Gasteiger partial charge in [-0.2, -0.15) is 0 Å². The Bertz CT molecular complexity index is 521. The number of likely N-dealkylation sites (N-methyl/N-ethyl adjacent to an activating group) is 1. The van der Waals surface area contributed by atoms with Crippen molar-refractivity contribution < 1.29 is 4.74 Å². The smallest absolute Gasteiger partial charge is 0.0954 e. The average Bonchev–Trinajstić information content (AvgIpc) is 3.01. The van der Waals surface area contributed by atoms with Crippen molar-refractivity contribution in [2.45, 2.75) is 31.9 Å². The lowest BCUT2D eigenvalue weighted by Gasteiger charge is -2.24. The molecule has 0 amide bonds. The predicted octanol–water partition coefficient (Wildman–Crippen LogP) is 2.85. The summed E-state index contributed by atoms with van der Waals surface area (Å²) in [5.74, 6) is 0.594. The van der Waals surface area contributed by atoms with E-state index in [0.29, 0.717) is 18.1 Å². The van der Waals surface area contributed by atoms with Gasteiger partial charge in [-0.1, -0.05) is 12.1 Å². The first-order valence-corrected chi connectivity index (χ1v) is 7.73. The maximum Gasteiger partial charge on any atom is 0.0954 e. The van der Waals surface area contributed by atoms with Gasteiger partial charge in [0.25, 0.3) is 0 Å². The minimum Gasteiger partial charge on any atom is -0.378 e. The van der Waals surface area contributed by atoms with Crippen molar-refractivity contribution in [1.29, 1.82) is 0 Å². The topological polar surface area (TPSA) is 34.2 Å². The van der Waals surface area contributed by atoms with Crippen LogP contribution in [0.5, 0.6) is 0 Å². The Balaban J connectivity index is 1.78. The molecular weight excluding hydrogens is 256 g/mol. The van der Waals surface area contributed by atoms with Crippen molar-refractivity contribution in [3.8, 4) is 0 Å². The molecule has 2 heterocycles. The average molecular weight is 276 g/mol. The number of thiazole rings is 1. The van der Waals surface area contributed by atoms with Crippen LogP contribution in [0, 0.1) is 5.92 Å². The van der Waals surface area contributed by atoms with Gasteiger partial charge in [-0.15, -0.1) is 11.3 Å². The molecule has 0 spiro atoms. The summed E-state index contributed by atoms with van der Waals surface area (Å²) < 4.78 is 6.97. The molecule has 1 fully saturated rings. The van der Waals surface area contributed by atoms with Crippen LogP contribution in [-0.2, 0) is 11.2 Å². The van der Waals surface area contributed by atoms with E-state index < -0.39 is 0 Å². The lowest BCUT2D eigenvalue weighted by Crippen LogP contribution is -2.38. The second-order valence-electron chi connectivity index (χ2n) is 5.20. The quantitative estimate of drug-likeness (QED) is 0.932. The number of rotatable bonds is 4. The van der Waals surface area contributed by atoms with E-state index in [2.05, 4.69) is 30.4 Å². The van der Waals surface area contributed by atoms with Crippen LogP contribution in [-0.4, -0.2) is 30.8 Å². The SMILES string of the molecule is CNC(Cc1nc2ccccc2s1)C1CCOC1C. The molecule has 102 valence electrons. The molecule has 3 nitrogen and oxygen atoms in total. The Hall–Kier alpha value is -0.970. The van der Waals surface area contributed by atoms with Crippen LogP contribution >= 0.6 is 11.3 Å². The Labute approximate surface area is 118 Å². The molecule has 0 saturated carbocycles. The van der Waals surface area contributed by atoms with Crippen molar-refractivity contribution in [1.82, 2.24) is 10.3 Å². The highest BCUT2D eigenvalue weighted by molar-refractivity contribution is 7.18. The number of nitrogens with zero attached hydrogens (tertiary/aromatic N) is 1. The molecule has 3 rings (SSSR count). The third-order valence-electron chi connectivity index (χ3n) is 4.06. The highest BCUT2D eigenvalue weighted by Gasteiger charge is 2.31. The number of nitrogens with one attached hydrogen (secondary N) is 1. The van der Waals surface area contributed by atoms with Crippen molar-refractivity contribution in [3.63, 3.8) is 0 Å². The Morgan fingerprint density at radius 3 is 3.00 bits per heavy atom. The molecule has 0 bridgehead atoms. The first-order valence-electron chi connectivity index (χ1n) is 6.91. The van der Waals surface area contributed by atoms with Gasteiger partial charge in [-0.05, 0) is 32.5 Å². The van der Waals surface area contributed by atoms with Gasteiger partial charge in [0, 0.05) is 25.0 Å². The molecule has 3 unspecified atom stereocenters. The summed E-state index contributed by atoms with van der Waals surface area (Å²) in [5, 5.41) is 4.68. The van der Waals surface area contributed by atoms with Crippen molar-refractivity contribution >= 4 is 21.6 Å². The molecule has 1 aromatic heterocycles. The van der Waals surface area contributed by atoms with Crippen molar-refractivity contribution in [2.24, 2.45) is 5.92 Å². The maximum atomic E-state index is 5.69. The van der Waals surface area contributed by atoms with Crippen molar-refractivity contribution in [2.75, 3.05) is 13.7 Å². The molecule has 3 atom stereocenters. The molecule has 0 aliphatic carbocycles. The van der Waals surface area contributed by atoms with Gasteiger partial charge in [-0.3, -0.25) is 0 Å². The molecular formula is C15H20N2OS. The first-order chi connectivity index (χ1) is 9.28. The summed E-state index contributed by atoms with van der Waals surface area (Å²) in [4.78, 5) is 4.73. The van der Waals surface area contributed by atoms with E-state index in [0.717, 1.165) is 25.0 Å². The van der Waals surface area contributed by atoms with Gasteiger partial charge in [0.1, 0.15) is 0 Å². The zero-order valence-electron chi connectivity index (χ0n) is 11.4. The van der Waals surface area contributed by atoms with Crippen LogP contribution in [0.25, 0.3) is 10.2 Å². The number of benzene rings is 1. The summed E-state index contributed by atoms with van der Waals surface area (Å²) in [7, 11) is 2.04. The Morgan fingerprint density at radius 1 is 1.47 bits per heavy atom. The fourth-order valence-corrected chi connectivity index (χ4v) is 3.97. The van der Waals surface area contributed by atoms with Gasteiger partial charge in [-0.25, -0.2) is 4.98 Å². The number of hydrogen-bond acceptors (Lipinski definition) is 4. The zero-order valence-corrected chi connectivity index (χ0v) is 12.2. The van der Waals surface area contributed by atoms with E-state index >= 15 is 0 Å². The lowest BCUT2D eigenvalue weighted by molar-refractivity contribution is 0.0963. The fraction of sp³-hybridized carbons (Fsp3) is 0.533. The van der Waals surface area contributed by atoms with E-state index in [9.17, 15) is 0 Å². The molecule has 2 aromatic rings. The molecule has 1 aliphatic rings. The van der Waals surface area contributed by atoms with Gasteiger partial charge in [0.05, 0.1) is 21.3 Å². The minimum absolute atomic E-state index is 0.354. The van der Waals surface area contributed by atoms with Crippen LogP contribution in [0.15, 0.2) is 24.3 Å². The van der Waals surface area contributed by atoms with Crippen LogP contribution in [0.4, 0.5) is 0 Å². The number of fused-ring (bicyclic) bond motifs is 1. The van der Waals surface area contributed by atoms with Crippen LogP contribution in [0.1, 0.15) is 18.4 Å². The van der Waals surface area contributed by atoms with Crippen LogP contribution < -0.4 is 5.32 Å². The Kier molecular flexibility index (Phi) is 3.82. The number of hydrogen-bond donors (Lipinski definition) is 1. The lowest BCUT2D eigenvalue weighted by atomic mass is 9.91. The summed E-state index contributed by atoms with van der Waals surface area (Å²) in [6.07, 6.45) is 2.50. The highest BCUT2D eigenvalue weighted by atomic mass is 32.1. The van der Waals surface area contributed by atoms with Gasteiger partial charge in [0.2, 0.25) is 0 Å². The van der Waals surface area contributed by atoms with Gasteiger partial charge >= 0.3 is 0 Å². The Morgan fingerprint density at radius 2 is 2.32 bits per heavy atom. The first kappa shape index (κ1) is 13.0. The van der Waals surface area contributed by atoms with E-state index in [-0.39, 0.29) is 0 Å². The molecule has 4 heteroatoms. The predicted molar refractivity (Wildman–Crippen MR) is 79.7 cm³/mol. The second-order valence-corrected chi connectivity index (χ2v) is 6.32. The molecule has 19 heavy (non-hydrogen) atoms. The van der Waals surface area contributed by atoms with Crippen LogP contribution in [0.2, 0.25) is 0 Å². The van der Waals surface area contributed by atoms with E-state index in [1.54, 1.807) is 0 Å². The standard InChI is InChI=1S/C15H20N2OS/c1-10-11(7-8-18-10)13(16-2)9-15-17-12-5-3-4-6-14(12)19-15/h3-6,10-11,13,16H,7-9H2,1-2H3.